The molecule has 0 spiro atoms. The van der Waals surface area contributed by atoms with Crippen LogP contribution < -0.4 is 5.73 Å². The van der Waals surface area contributed by atoms with Gasteiger partial charge in [0, 0.05) is 6.54 Å². The standard InChI is InChI=1S/C14H12FN3S/c15-10-7-9(8-16)5-6-13(10)19-14-17-11-3-1-2-4-12(11)18-14/h1-7H,8,16H2,(H,17,18). The van der Waals surface area contributed by atoms with Gasteiger partial charge in [-0.05, 0) is 41.6 Å². The molecule has 5 heteroatoms. The van der Waals surface area contributed by atoms with E-state index in [-0.39, 0.29) is 5.82 Å². The van der Waals surface area contributed by atoms with Gasteiger partial charge in [-0.3, -0.25) is 0 Å². The van der Waals surface area contributed by atoms with Crippen molar-refractivity contribution < 1.29 is 4.39 Å². The second kappa shape index (κ2) is 5.03. The monoisotopic (exact) mass is 273 g/mol. The third kappa shape index (κ3) is 2.47. The maximum atomic E-state index is 13.9. The Hall–Kier alpha value is -1.85. The van der Waals surface area contributed by atoms with Gasteiger partial charge >= 0.3 is 0 Å². The summed E-state index contributed by atoms with van der Waals surface area (Å²) in [5.41, 5.74) is 8.09. The molecule has 19 heavy (non-hydrogen) atoms. The molecule has 3 N–H and O–H groups in total. The SMILES string of the molecule is NCc1ccc(Sc2nc3ccccc3[nH]2)c(F)c1. The average Bonchev–Trinajstić information content (AvgIpc) is 2.83. The second-order valence-corrected chi connectivity index (χ2v) is 5.16. The van der Waals surface area contributed by atoms with Crippen molar-refractivity contribution in [2.75, 3.05) is 0 Å². The van der Waals surface area contributed by atoms with Crippen molar-refractivity contribution in [3.63, 3.8) is 0 Å². The Kier molecular flexibility index (Phi) is 3.23. The Balaban J connectivity index is 1.92. The zero-order valence-corrected chi connectivity index (χ0v) is 10.9. The minimum absolute atomic E-state index is 0.270. The van der Waals surface area contributed by atoms with E-state index < -0.39 is 0 Å². The van der Waals surface area contributed by atoms with E-state index in [1.165, 1.54) is 17.8 Å². The van der Waals surface area contributed by atoms with Crippen molar-refractivity contribution in [3.05, 3.63) is 53.8 Å². The van der Waals surface area contributed by atoms with Gasteiger partial charge in [0.05, 0.1) is 15.9 Å². The third-order valence-corrected chi connectivity index (χ3v) is 3.74. The number of aromatic nitrogens is 2. The first-order chi connectivity index (χ1) is 9.26. The smallest absolute Gasteiger partial charge is 0.171 e. The van der Waals surface area contributed by atoms with Crippen LogP contribution in [0.1, 0.15) is 5.56 Å². The molecule has 0 saturated carbocycles. The van der Waals surface area contributed by atoms with Crippen molar-refractivity contribution in [1.82, 2.24) is 9.97 Å². The van der Waals surface area contributed by atoms with Crippen LogP contribution >= 0.6 is 11.8 Å². The number of nitrogens with one attached hydrogen (secondary N) is 1. The Morgan fingerprint density at radius 1 is 1.21 bits per heavy atom. The molecule has 3 rings (SSSR count). The fourth-order valence-corrected chi connectivity index (χ4v) is 2.64. The lowest BCUT2D eigenvalue weighted by atomic mass is 10.2. The molecular weight excluding hydrogens is 261 g/mol. The van der Waals surface area contributed by atoms with Crippen LogP contribution in [0.2, 0.25) is 0 Å². The first-order valence-corrected chi connectivity index (χ1v) is 6.69. The minimum Gasteiger partial charge on any atom is -0.333 e. The highest BCUT2D eigenvalue weighted by atomic mass is 32.2. The van der Waals surface area contributed by atoms with Crippen LogP contribution in [0.5, 0.6) is 0 Å². The molecule has 0 bridgehead atoms. The van der Waals surface area contributed by atoms with Crippen molar-refractivity contribution in [3.8, 4) is 0 Å². The van der Waals surface area contributed by atoms with Gasteiger partial charge in [-0.15, -0.1) is 0 Å². The Morgan fingerprint density at radius 2 is 2.05 bits per heavy atom. The number of hydrogen-bond acceptors (Lipinski definition) is 3. The number of fused-ring (bicyclic) bond motifs is 1. The van der Waals surface area contributed by atoms with Gasteiger partial charge in [-0.1, -0.05) is 18.2 Å². The van der Waals surface area contributed by atoms with E-state index in [9.17, 15) is 4.39 Å². The number of halogens is 1. The summed E-state index contributed by atoms with van der Waals surface area (Å²) in [5, 5.41) is 0.681. The van der Waals surface area contributed by atoms with E-state index in [1.807, 2.05) is 30.3 Å². The number of nitrogens with zero attached hydrogens (tertiary/aromatic N) is 1. The second-order valence-electron chi connectivity index (χ2n) is 4.13. The first kappa shape index (κ1) is 12.2. The number of para-hydroxylation sites is 2. The molecular formula is C14H12FN3S. The van der Waals surface area contributed by atoms with Gasteiger partial charge in [0.1, 0.15) is 5.82 Å². The highest BCUT2D eigenvalue weighted by Gasteiger charge is 2.08. The van der Waals surface area contributed by atoms with Crippen LogP contribution in [0.25, 0.3) is 11.0 Å². The summed E-state index contributed by atoms with van der Waals surface area (Å²) in [7, 11) is 0. The van der Waals surface area contributed by atoms with Gasteiger partial charge in [0.25, 0.3) is 0 Å². The summed E-state index contributed by atoms with van der Waals surface area (Å²) < 4.78 is 13.9. The molecule has 0 amide bonds. The van der Waals surface area contributed by atoms with Crippen LogP contribution in [0.3, 0.4) is 0 Å². The summed E-state index contributed by atoms with van der Waals surface area (Å²) in [6.07, 6.45) is 0. The molecule has 0 saturated heterocycles. The van der Waals surface area contributed by atoms with Crippen LogP contribution in [-0.2, 0) is 6.54 Å². The van der Waals surface area contributed by atoms with E-state index in [1.54, 1.807) is 6.07 Å². The molecule has 0 aliphatic rings. The molecule has 0 unspecified atom stereocenters. The van der Waals surface area contributed by atoms with Crippen molar-refractivity contribution in [2.24, 2.45) is 5.73 Å². The lowest BCUT2D eigenvalue weighted by Crippen LogP contribution is -1.97. The predicted octanol–water partition coefficient (Wildman–Crippen LogP) is 3.31. The lowest BCUT2D eigenvalue weighted by Gasteiger charge is -2.02. The molecule has 0 atom stereocenters. The molecule has 0 aliphatic carbocycles. The molecule has 0 aliphatic heterocycles. The van der Waals surface area contributed by atoms with E-state index in [4.69, 9.17) is 5.73 Å². The number of nitrogens with two attached hydrogens (primary N) is 1. The largest absolute Gasteiger partial charge is 0.333 e. The molecule has 2 aromatic carbocycles. The van der Waals surface area contributed by atoms with E-state index >= 15 is 0 Å². The zero-order chi connectivity index (χ0) is 13.2. The third-order valence-electron chi connectivity index (χ3n) is 2.81. The van der Waals surface area contributed by atoms with Gasteiger partial charge in [-0.2, -0.15) is 0 Å². The van der Waals surface area contributed by atoms with E-state index in [2.05, 4.69) is 9.97 Å². The minimum atomic E-state index is -0.270. The summed E-state index contributed by atoms with van der Waals surface area (Å²) in [5.74, 6) is -0.270. The van der Waals surface area contributed by atoms with Crippen LogP contribution in [0.15, 0.2) is 52.5 Å². The summed E-state index contributed by atoms with van der Waals surface area (Å²) in [6.45, 7) is 0.340. The number of hydrogen-bond donors (Lipinski definition) is 2. The maximum Gasteiger partial charge on any atom is 0.171 e. The Morgan fingerprint density at radius 3 is 2.79 bits per heavy atom. The Labute approximate surface area is 114 Å². The summed E-state index contributed by atoms with van der Waals surface area (Å²) in [6, 6.07) is 12.7. The molecule has 0 radical (unpaired) electrons. The zero-order valence-electron chi connectivity index (χ0n) is 10.1. The van der Waals surface area contributed by atoms with Crippen molar-refractivity contribution in [1.29, 1.82) is 0 Å². The van der Waals surface area contributed by atoms with Gasteiger partial charge in [0.2, 0.25) is 0 Å². The van der Waals surface area contributed by atoms with Gasteiger partial charge in [-0.25, -0.2) is 9.37 Å². The fourth-order valence-electron chi connectivity index (χ4n) is 1.84. The molecule has 1 heterocycles. The summed E-state index contributed by atoms with van der Waals surface area (Å²) >= 11 is 1.28. The van der Waals surface area contributed by atoms with E-state index in [0.717, 1.165) is 16.6 Å². The van der Waals surface area contributed by atoms with Crippen LogP contribution in [0.4, 0.5) is 4.39 Å². The van der Waals surface area contributed by atoms with Gasteiger partial charge in [0.15, 0.2) is 5.16 Å². The maximum absolute atomic E-state index is 13.9. The first-order valence-electron chi connectivity index (χ1n) is 5.87. The van der Waals surface area contributed by atoms with E-state index in [0.29, 0.717) is 16.6 Å². The van der Waals surface area contributed by atoms with Gasteiger partial charge < -0.3 is 10.7 Å². The molecule has 0 fully saturated rings. The van der Waals surface area contributed by atoms with Crippen LogP contribution in [0, 0.1) is 5.82 Å². The number of H-pyrrole nitrogens is 1. The highest BCUT2D eigenvalue weighted by Crippen LogP contribution is 2.29. The fraction of sp³-hybridized carbons (Fsp3) is 0.0714. The van der Waals surface area contributed by atoms with Crippen LogP contribution in [-0.4, -0.2) is 9.97 Å². The normalized spacial score (nSPS) is 11.1. The summed E-state index contributed by atoms with van der Waals surface area (Å²) in [4.78, 5) is 8.11. The molecule has 96 valence electrons. The predicted molar refractivity (Wildman–Crippen MR) is 74.5 cm³/mol. The Bertz CT molecular complexity index is 691. The lowest BCUT2D eigenvalue weighted by molar-refractivity contribution is 0.599. The van der Waals surface area contributed by atoms with Crippen molar-refractivity contribution >= 4 is 22.8 Å². The quantitative estimate of drug-likeness (QED) is 0.769. The van der Waals surface area contributed by atoms with Crippen molar-refractivity contribution in [2.45, 2.75) is 16.6 Å². The number of aromatic amines is 1. The number of rotatable bonds is 3. The highest BCUT2D eigenvalue weighted by molar-refractivity contribution is 7.99. The number of benzene rings is 2. The number of imidazole rings is 1. The molecule has 3 nitrogen and oxygen atoms in total. The molecule has 3 aromatic rings. The molecule has 1 aromatic heterocycles. The topological polar surface area (TPSA) is 54.7 Å². The average molecular weight is 273 g/mol.